The van der Waals surface area contributed by atoms with E-state index in [0.29, 0.717) is 0 Å². The van der Waals surface area contributed by atoms with Crippen molar-refractivity contribution in [3.63, 3.8) is 0 Å². The van der Waals surface area contributed by atoms with Gasteiger partial charge in [-0.3, -0.25) is 4.98 Å². The zero-order valence-corrected chi connectivity index (χ0v) is 11.8. The van der Waals surface area contributed by atoms with Crippen molar-refractivity contribution in [2.45, 2.75) is 0 Å². The van der Waals surface area contributed by atoms with Gasteiger partial charge in [0.1, 0.15) is 0 Å². The van der Waals surface area contributed by atoms with Crippen molar-refractivity contribution < 1.29 is 20.1 Å². The van der Waals surface area contributed by atoms with Crippen molar-refractivity contribution in [1.29, 1.82) is 0 Å². The second kappa shape index (κ2) is 4.20. The smallest absolute Gasteiger partial charge is 0.0567 e. The molecule has 0 spiro atoms. The molecule has 0 aliphatic rings. The van der Waals surface area contributed by atoms with Crippen LogP contribution in [0.15, 0.2) is 54.9 Å². The van der Waals surface area contributed by atoms with Crippen LogP contribution in [0.2, 0.25) is 0 Å². The number of nitrogens with zero attached hydrogens (tertiary/aromatic N) is 2. The molecule has 3 heteroatoms. The molecule has 0 atom stereocenters. The Hall–Kier alpha value is -1.70. The molecule has 0 saturated heterocycles. The number of hydrogen-bond acceptors (Lipinski definition) is 1. The fourth-order valence-electron chi connectivity index (χ4n) is 2.39. The van der Waals surface area contributed by atoms with Crippen LogP contribution in [-0.4, -0.2) is 4.98 Å². The van der Waals surface area contributed by atoms with Crippen molar-refractivity contribution in [3.05, 3.63) is 54.9 Å². The molecule has 18 heavy (non-hydrogen) atoms. The van der Waals surface area contributed by atoms with Crippen LogP contribution < -0.4 is 4.98 Å². The molecule has 0 fully saturated rings. The van der Waals surface area contributed by atoms with Crippen molar-refractivity contribution >= 4 is 32.6 Å². The Balaban J connectivity index is 0.000001000. The van der Waals surface area contributed by atoms with Crippen molar-refractivity contribution in [3.8, 4) is 0 Å². The topological polar surface area (TPSA) is 27.0 Å². The minimum atomic E-state index is 0. The van der Waals surface area contributed by atoms with E-state index in [1.165, 1.54) is 16.2 Å². The third kappa shape index (κ3) is 1.48. The third-order valence-corrected chi connectivity index (χ3v) is 3.22. The maximum Gasteiger partial charge on any atom is 0.0567 e. The molecule has 0 aliphatic heterocycles. The average Bonchev–Trinajstić information content (AvgIpc) is 2.86. The summed E-state index contributed by atoms with van der Waals surface area (Å²) in [6.07, 6.45) is 3.76. The summed E-state index contributed by atoms with van der Waals surface area (Å²) in [5.74, 6) is 0. The van der Waals surface area contributed by atoms with Crippen LogP contribution in [0.3, 0.4) is 0 Å². The molecule has 0 amide bonds. The number of aromatic nitrogens is 2. The molecule has 89 valence electrons. The largest absolute Gasteiger partial charge is 0.662 e. The van der Waals surface area contributed by atoms with Crippen molar-refractivity contribution in [2.75, 3.05) is 0 Å². The Morgan fingerprint density at radius 2 is 1.72 bits per heavy atom. The first kappa shape index (κ1) is 11.4. The maximum absolute atomic E-state index is 4.55. The van der Waals surface area contributed by atoms with Gasteiger partial charge < -0.3 is 4.98 Å². The normalized spacial score (nSPS) is 10.9. The van der Waals surface area contributed by atoms with E-state index in [4.69, 9.17) is 0 Å². The van der Waals surface area contributed by atoms with Crippen molar-refractivity contribution in [1.82, 2.24) is 9.97 Å². The molecular weight excluding hydrogens is 400 g/mol. The zero-order valence-electron chi connectivity index (χ0n) is 9.42. The van der Waals surface area contributed by atoms with E-state index in [1.54, 1.807) is 0 Å². The van der Waals surface area contributed by atoms with Crippen LogP contribution in [0.1, 0.15) is 0 Å². The van der Waals surface area contributed by atoms with Gasteiger partial charge in [0.25, 0.3) is 0 Å². The second-order valence-corrected chi connectivity index (χ2v) is 4.19. The van der Waals surface area contributed by atoms with Crippen LogP contribution in [0.4, 0.5) is 0 Å². The SMILES string of the molecule is [Ir].c1ccc2c(c1)cnc1c2ccc2cc[n-]c21. The summed E-state index contributed by atoms with van der Waals surface area (Å²) in [6.45, 7) is 0. The van der Waals surface area contributed by atoms with Gasteiger partial charge in [0.15, 0.2) is 0 Å². The van der Waals surface area contributed by atoms with E-state index >= 15 is 0 Å². The van der Waals surface area contributed by atoms with Gasteiger partial charge >= 0.3 is 0 Å². The quantitative estimate of drug-likeness (QED) is 0.416. The average molecular weight is 409 g/mol. The van der Waals surface area contributed by atoms with Crippen LogP contribution in [0.5, 0.6) is 0 Å². The van der Waals surface area contributed by atoms with Crippen molar-refractivity contribution in [2.24, 2.45) is 0 Å². The molecule has 4 aromatic rings. The summed E-state index contributed by atoms with van der Waals surface area (Å²) in [7, 11) is 0. The minimum absolute atomic E-state index is 0. The summed E-state index contributed by atoms with van der Waals surface area (Å²) in [5.41, 5.74) is 1.99. The fourth-order valence-corrected chi connectivity index (χ4v) is 2.39. The van der Waals surface area contributed by atoms with Gasteiger partial charge in [-0.25, -0.2) is 0 Å². The fraction of sp³-hybridized carbons (Fsp3) is 0. The first-order chi connectivity index (χ1) is 8.43. The molecule has 0 N–H and O–H groups in total. The Labute approximate surface area is 117 Å². The molecule has 0 bridgehead atoms. The van der Waals surface area contributed by atoms with E-state index < -0.39 is 0 Å². The molecule has 1 radical (unpaired) electrons. The van der Waals surface area contributed by atoms with Gasteiger partial charge in [-0.1, -0.05) is 42.5 Å². The summed E-state index contributed by atoms with van der Waals surface area (Å²) < 4.78 is 0. The standard InChI is InChI=1S/C15H9N2.Ir/c1-2-4-12-11(3-1)9-17-15-13(12)6-5-10-7-8-16-14(10)15;/h1-9H;/q-1;. The number of pyridine rings is 1. The Kier molecular flexibility index (Phi) is 2.66. The summed E-state index contributed by atoms with van der Waals surface area (Å²) >= 11 is 0. The van der Waals surface area contributed by atoms with Crippen LogP contribution in [0, 0.1) is 0 Å². The van der Waals surface area contributed by atoms with E-state index in [-0.39, 0.29) is 20.1 Å². The molecule has 4 rings (SSSR count). The summed E-state index contributed by atoms with van der Waals surface area (Å²) in [6, 6.07) is 14.6. The molecule has 2 heterocycles. The van der Waals surface area contributed by atoms with Crippen LogP contribution >= 0.6 is 0 Å². The minimum Gasteiger partial charge on any atom is -0.662 e. The van der Waals surface area contributed by atoms with Gasteiger partial charge in [-0.05, 0) is 10.8 Å². The number of benzene rings is 2. The molecule has 0 aliphatic carbocycles. The maximum atomic E-state index is 4.55. The molecule has 0 saturated carbocycles. The Bertz CT molecular complexity index is 849. The van der Waals surface area contributed by atoms with E-state index in [0.717, 1.165) is 16.4 Å². The summed E-state index contributed by atoms with van der Waals surface area (Å²) in [5, 5.41) is 4.74. The second-order valence-electron chi connectivity index (χ2n) is 4.19. The zero-order chi connectivity index (χ0) is 11.2. The molecule has 2 aromatic heterocycles. The predicted octanol–water partition coefficient (Wildman–Crippen LogP) is 3.50. The van der Waals surface area contributed by atoms with E-state index in [1.807, 2.05) is 24.5 Å². The van der Waals surface area contributed by atoms with Crippen LogP contribution in [-0.2, 0) is 20.1 Å². The van der Waals surface area contributed by atoms with Gasteiger partial charge in [-0.2, -0.15) is 6.20 Å². The van der Waals surface area contributed by atoms with Gasteiger partial charge in [0.2, 0.25) is 0 Å². The third-order valence-electron chi connectivity index (χ3n) is 3.22. The predicted molar refractivity (Wildman–Crippen MR) is 70.1 cm³/mol. The molecular formula is C15H9IrN2-. The number of fused-ring (bicyclic) bond motifs is 5. The number of rotatable bonds is 0. The molecule has 2 nitrogen and oxygen atoms in total. The van der Waals surface area contributed by atoms with E-state index in [9.17, 15) is 0 Å². The first-order valence-corrected chi connectivity index (χ1v) is 5.61. The van der Waals surface area contributed by atoms with Gasteiger partial charge in [-0.15, -0.1) is 5.52 Å². The van der Waals surface area contributed by atoms with Crippen LogP contribution in [0.25, 0.3) is 32.6 Å². The first-order valence-electron chi connectivity index (χ1n) is 5.61. The Morgan fingerprint density at radius 1 is 0.833 bits per heavy atom. The van der Waals surface area contributed by atoms with Gasteiger partial charge in [0.05, 0.1) is 5.52 Å². The monoisotopic (exact) mass is 410 g/mol. The molecule has 2 aromatic carbocycles. The van der Waals surface area contributed by atoms with E-state index in [2.05, 4.69) is 40.3 Å². The van der Waals surface area contributed by atoms with Gasteiger partial charge in [0, 0.05) is 37.1 Å². The number of hydrogen-bond donors (Lipinski definition) is 0. The summed E-state index contributed by atoms with van der Waals surface area (Å²) in [4.78, 5) is 8.94. The Morgan fingerprint density at radius 3 is 2.67 bits per heavy atom. The molecule has 0 unspecified atom stereocenters.